The standard InChI is InChI=1S/C27H39N3O6S/c1-5-37(33,34)30-24-9-8-20(27(32)28(4)13-6-7-26(31)36-19(2)3)17-22(24)23-18-29(14-10-25(23)30)21-11-15-35-16-12-21/h8-9,17,19,21H,5-7,10-16,18H2,1-4H3. The van der Waals surface area contributed by atoms with Gasteiger partial charge in [-0.2, -0.15) is 0 Å². The molecule has 0 saturated carbocycles. The lowest BCUT2D eigenvalue weighted by atomic mass is 9.99. The Morgan fingerprint density at radius 3 is 2.62 bits per heavy atom. The number of nitrogens with zero attached hydrogens (tertiary/aromatic N) is 3. The van der Waals surface area contributed by atoms with Crippen molar-refractivity contribution in [3.8, 4) is 0 Å². The minimum absolute atomic E-state index is 0.00949. The van der Waals surface area contributed by atoms with Crippen molar-refractivity contribution in [1.29, 1.82) is 0 Å². The molecule has 3 heterocycles. The van der Waals surface area contributed by atoms with Crippen molar-refractivity contribution in [2.75, 3.05) is 39.1 Å². The predicted molar refractivity (Wildman–Crippen MR) is 142 cm³/mol. The largest absolute Gasteiger partial charge is 0.463 e. The van der Waals surface area contributed by atoms with Gasteiger partial charge in [0.05, 0.1) is 17.4 Å². The van der Waals surface area contributed by atoms with Crippen LogP contribution in [0.25, 0.3) is 10.9 Å². The first-order valence-electron chi connectivity index (χ1n) is 13.3. The summed E-state index contributed by atoms with van der Waals surface area (Å²) in [5, 5.41) is 0.823. The fraction of sp³-hybridized carbons (Fsp3) is 0.630. The molecule has 1 amide bonds. The van der Waals surface area contributed by atoms with Crippen molar-refractivity contribution < 1.29 is 27.5 Å². The van der Waals surface area contributed by atoms with Gasteiger partial charge < -0.3 is 14.4 Å². The summed E-state index contributed by atoms with van der Waals surface area (Å²) in [6.45, 7) is 8.67. The molecule has 204 valence electrons. The van der Waals surface area contributed by atoms with E-state index in [4.69, 9.17) is 9.47 Å². The van der Waals surface area contributed by atoms with Crippen LogP contribution in [0.2, 0.25) is 0 Å². The number of fused-ring (bicyclic) bond motifs is 3. The Hall–Kier alpha value is -2.43. The number of ether oxygens (including phenoxy) is 2. The maximum Gasteiger partial charge on any atom is 0.306 e. The summed E-state index contributed by atoms with van der Waals surface area (Å²) in [7, 11) is -1.79. The van der Waals surface area contributed by atoms with Crippen LogP contribution in [0.3, 0.4) is 0 Å². The van der Waals surface area contributed by atoms with Crippen LogP contribution in [0, 0.1) is 0 Å². The minimum atomic E-state index is -3.50. The van der Waals surface area contributed by atoms with Crippen LogP contribution < -0.4 is 0 Å². The van der Waals surface area contributed by atoms with E-state index in [0.29, 0.717) is 43.1 Å². The molecule has 2 aliphatic heterocycles. The first-order valence-corrected chi connectivity index (χ1v) is 14.9. The highest BCUT2D eigenvalue weighted by Crippen LogP contribution is 2.35. The molecular weight excluding hydrogens is 494 g/mol. The zero-order valence-corrected chi connectivity index (χ0v) is 23.2. The summed E-state index contributed by atoms with van der Waals surface area (Å²) in [6.07, 6.45) is 3.20. The average molecular weight is 534 g/mol. The van der Waals surface area contributed by atoms with Crippen molar-refractivity contribution in [3.63, 3.8) is 0 Å². The number of amides is 1. The molecule has 0 bridgehead atoms. The highest BCUT2D eigenvalue weighted by atomic mass is 32.2. The smallest absolute Gasteiger partial charge is 0.306 e. The van der Waals surface area contributed by atoms with E-state index in [0.717, 1.165) is 49.2 Å². The van der Waals surface area contributed by atoms with Gasteiger partial charge in [-0.15, -0.1) is 0 Å². The van der Waals surface area contributed by atoms with Gasteiger partial charge in [0.25, 0.3) is 5.91 Å². The molecule has 0 spiro atoms. The maximum atomic E-state index is 13.2. The minimum Gasteiger partial charge on any atom is -0.463 e. The SMILES string of the molecule is CCS(=O)(=O)n1c2c(c3cc(C(=O)N(C)CCCC(=O)OC(C)C)ccc31)CN(C1CCOCC1)CC2. The number of hydrogen-bond donors (Lipinski definition) is 0. The topological polar surface area (TPSA) is 98.2 Å². The van der Waals surface area contributed by atoms with Gasteiger partial charge in [-0.3, -0.25) is 14.5 Å². The molecule has 2 aromatic rings. The van der Waals surface area contributed by atoms with Gasteiger partial charge in [-0.1, -0.05) is 0 Å². The summed E-state index contributed by atoms with van der Waals surface area (Å²) in [4.78, 5) is 29.1. The first kappa shape index (κ1) is 27.6. The van der Waals surface area contributed by atoms with Crippen LogP contribution in [0.1, 0.15) is 68.1 Å². The van der Waals surface area contributed by atoms with E-state index in [1.807, 2.05) is 19.9 Å². The second-order valence-corrected chi connectivity index (χ2v) is 12.4. The van der Waals surface area contributed by atoms with E-state index in [-0.39, 0.29) is 30.2 Å². The Morgan fingerprint density at radius 2 is 1.95 bits per heavy atom. The number of carbonyl (C=O) groups is 2. The van der Waals surface area contributed by atoms with Crippen molar-refractivity contribution >= 4 is 32.8 Å². The average Bonchev–Trinajstić information content (AvgIpc) is 3.22. The Bertz CT molecular complexity index is 1250. The molecule has 2 aliphatic rings. The maximum absolute atomic E-state index is 13.2. The van der Waals surface area contributed by atoms with Gasteiger partial charge in [0, 0.05) is 75.4 Å². The molecule has 0 unspecified atom stereocenters. The van der Waals surface area contributed by atoms with Crippen molar-refractivity contribution in [1.82, 2.24) is 13.8 Å². The number of benzene rings is 1. The highest BCUT2D eigenvalue weighted by Gasteiger charge is 2.32. The second kappa shape index (κ2) is 11.5. The molecule has 1 aromatic carbocycles. The summed E-state index contributed by atoms with van der Waals surface area (Å²) < 4.78 is 38.5. The Balaban J connectivity index is 1.60. The number of rotatable bonds is 9. The van der Waals surface area contributed by atoms with Crippen LogP contribution in [0.15, 0.2) is 18.2 Å². The molecule has 0 N–H and O–H groups in total. The van der Waals surface area contributed by atoms with E-state index in [9.17, 15) is 18.0 Å². The van der Waals surface area contributed by atoms with Crippen molar-refractivity contribution in [2.45, 2.75) is 71.6 Å². The summed E-state index contributed by atoms with van der Waals surface area (Å²) in [5.74, 6) is -0.414. The quantitative estimate of drug-likeness (QED) is 0.457. The molecule has 4 rings (SSSR count). The third-order valence-electron chi connectivity index (χ3n) is 7.32. The summed E-state index contributed by atoms with van der Waals surface area (Å²) >= 11 is 0. The van der Waals surface area contributed by atoms with Crippen molar-refractivity contribution in [3.05, 3.63) is 35.0 Å². The van der Waals surface area contributed by atoms with Gasteiger partial charge >= 0.3 is 5.97 Å². The molecule has 0 aliphatic carbocycles. The molecule has 0 atom stereocenters. The zero-order chi connectivity index (χ0) is 26.7. The molecule has 0 radical (unpaired) electrons. The van der Waals surface area contributed by atoms with Gasteiger partial charge in [0.15, 0.2) is 0 Å². The molecular formula is C27H39N3O6S. The van der Waals surface area contributed by atoms with E-state index in [1.165, 1.54) is 3.97 Å². The van der Waals surface area contributed by atoms with Crippen LogP contribution in [-0.4, -0.2) is 85.3 Å². The fourth-order valence-corrected chi connectivity index (χ4v) is 6.64. The van der Waals surface area contributed by atoms with Crippen LogP contribution in [0.5, 0.6) is 0 Å². The number of hydrogen-bond acceptors (Lipinski definition) is 7. The van der Waals surface area contributed by atoms with Gasteiger partial charge in [0.2, 0.25) is 10.0 Å². The fourth-order valence-electron chi connectivity index (χ4n) is 5.38. The van der Waals surface area contributed by atoms with Gasteiger partial charge in [0.1, 0.15) is 0 Å². The number of carbonyl (C=O) groups excluding carboxylic acids is 2. The summed E-state index contributed by atoms with van der Waals surface area (Å²) in [6, 6.07) is 5.73. The van der Waals surface area contributed by atoms with Crippen LogP contribution in [0.4, 0.5) is 0 Å². The van der Waals surface area contributed by atoms with Gasteiger partial charge in [-0.05, 0) is 63.8 Å². The third-order valence-corrected chi connectivity index (χ3v) is 9.02. The van der Waals surface area contributed by atoms with Crippen LogP contribution >= 0.6 is 0 Å². The third kappa shape index (κ3) is 6.02. The van der Waals surface area contributed by atoms with Crippen molar-refractivity contribution in [2.24, 2.45) is 0 Å². The molecule has 37 heavy (non-hydrogen) atoms. The Kier molecular flexibility index (Phi) is 8.60. The lowest BCUT2D eigenvalue weighted by Crippen LogP contribution is -2.42. The summed E-state index contributed by atoms with van der Waals surface area (Å²) in [5.41, 5.74) is 2.98. The van der Waals surface area contributed by atoms with E-state index in [2.05, 4.69) is 4.90 Å². The molecule has 1 aromatic heterocycles. The Labute approximate surface area is 219 Å². The monoisotopic (exact) mass is 533 g/mol. The first-order chi connectivity index (χ1) is 17.6. The van der Waals surface area contributed by atoms with E-state index >= 15 is 0 Å². The normalized spacial score (nSPS) is 17.2. The van der Waals surface area contributed by atoms with Gasteiger partial charge in [-0.25, -0.2) is 12.4 Å². The number of aromatic nitrogens is 1. The highest BCUT2D eigenvalue weighted by molar-refractivity contribution is 7.90. The Morgan fingerprint density at radius 1 is 1.22 bits per heavy atom. The van der Waals surface area contributed by atoms with Crippen LogP contribution in [-0.2, 0) is 37.3 Å². The number of esters is 1. The second-order valence-electron chi connectivity index (χ2n) is 10.3. The lowest BCUT2D eigenvalue weighted by molar-refractivity contribution is -0.147. The molecule has 1 fully saturated rings. The lowest BCUT2D eigenvalue weighted by Gasteiger charge is -2.37. The molecule has 10 heteroatoms. The predicted octanol–water partition coefficient (Wildman–Crippen LogP) is 3.18. The molecule has 1 saturated heterocycles. The molecule has 9 nitrogen and oxygen atoms in total. The zero-order valence-electron chi connectivity index (χ0n) is 22.4. The van der Waals surface area contributed by atoms with E-state index < -0.39 is 10.0 Å². The van der Waals surface area contributed by atoms with E-state index in [1.54, 1.807) is 31.0 Å².